The fraction of sp³-hybridized carbons (Fsp3) is 0.333. The molecular formula is C21H27N3O. The summed E-state index contributed by atoms with van der Waals surface area (Å²) in [5.41, 5.74) is 7.96. The molecule has 0 saturated carbocycles. The second-order valence-electron chi connectivity index (χ2n) is 6.23. The van der Waals surface area contributed by atoms with Crippen LogP contribution >= 0.6 is 0 Å². The van der Waals surface area contributed by atoms with Crippen molar-refractivity contribution in [3.8, 4) is 0 Å². The number of hydrogen-bond acceptors (Lipinski definition) is 3. The van der Waals surface area contributed by atoms with E-state index in [1.807, 2.05) is 49.4 Å². The minimum atomic E-state index is -0.148. The zero-order chi connectivity index (χ0) is 18.1. The largest absolute Gasteiger partial charge is 0.376 e. The van der Waals surface area contributed by atoms with Crippen molar-refractivity contribution in [3.05, 3.63) is 65.2 Å². The highest BCUT2D eigenvalue weighted by Crippen LogP contribution is 2.15. The van der Waals surface area contributed by atoms with E-state index in [1.54, 1.807) is 0 Å². The minimum Gasteiger partial charge on any atom is -0.376 e. The van der Waals surface area contributed by atoms with Crippen molar-refractivity contribution < 1.29 is 4.79 Å². The molecule has 0 aromatic heterocycles. The van der Waals surface area contributed by atoms with Crippen LogP contribution in [0.1, 0.15) is 42.9 Å². The average molecular weight is 337 g/mol. The lowest BCUT2D eigenvalue weighted by atomic mass is 10.1. The molecule has 0 bridgehead atoms. The second kappa shape index (κ2) is 9.62. The fourth-order valence-corrected chi connectivity index (χ4v) is 2.60. The first-order chi connectivity index (χ1) is 12.1. The standard InChI is InChI=1S/C21H27N3O/c1-4-5-11-20(18-9-7-6-8-10-18)23-24-21(25)15-22-19-13-12-16(2)14-17(19)3/h6-10,12-14,22H,4-5,11,15H2,1-3H3,(H,24,25). The van der Waals surface area contributed by atoms with Crippen molar-refractivity contribution in [2.45, 2.75) is 40.0 Å². The van der Waals surface area contributed by atoms with E-state index >= 15 is 0 Å². The zero-order valence-corrected chi connectivity index (χ0v) is 15.3. The molecule has 0 aliphatic rings. The third-order valence-electron chi connectivity index (χ3n) is 4.01. The van der Waals surface area contributed by atoms with Crippen molar-refractivity contribution >= 4 is 17.3 Å². The lowest BCUT2D eigenvalue weighted by molar-refractivity contribution is -0.119. The number of carbonyl (C=O) groups excluding carboxylic acids is 1. The van der Waals surface area contributed by atoms with Crippen LogP contribution in [0.25, 0.3) is 0 Å². The summed E-state index contributed by atoms with van der Waals surface area (Å²) >= 11 is 0. The summed E-state index contributed by atoms with van der Waals surface area (Å²) in [6.45, 7) is 6.43. The average Bonchev–Trinajstić information content (AvgIpc) is 2.62. The second-order valence-corrected chi connectivity index (χ2v) is 6.23. The number of unbranched alkanes of at least 4 members (excludes halogenated alkanes) is 1. The van der Waals surface area contributed by atoms with Crippen LogP contribution in [0.3, 0.4) is 0 Å². The smallest absolute Gasteiger partial charge is 0.259 e. The molecule has 2 aromatic rings. The molecule has 2 aromatic carbocycles. The highest BCUT2D eigenvalue weighted by Gasteiger charge is 2.06. The van der Waals surface area contributed by atoms with Gasteiger partial charge in [0.25, 0.3) is 5.91 Å². The Bertz CT molecular complexity index is 723. The summed E-state index contributed by atoms with van der Waals surface area (Å²) in [5, 5.41) is 7.52. The Kier molecular flexibility index (Phi) is 7.20. The number of hydrogen-bond donors (Lipinski definition) is 2. The number of rotatable bonds is 8. The molecular weight excluding hydrogens is 310 g/mol. The lowest BCUT2D eigenvalue weighted by Gasteiger charge is -2.10. The maximum Gasteiger partial charge on any atom is 0.259 e. The minimum absolute atomic E-state index is 0.148. The molecule has 0 heterocycles. The molecule has 0 aliphatic heterocycles. The zero-order valence-electron chi connectivity index (χ0n) is 15.3. The first-order valence-electron chi connectivity index (χ1n) is 8.82. The van der Waals surface area contributed by atoms with E-state index in [0.717, 1.165) is 41.8 Å². The molecule has 4 nitrogen and oxygen atoms in total. The lowest BCUT2D eigenvalue weighted by Crippen LogP contribution is -2.27. The van der Waals surface area contributed by atoms with E-state index < -0.39 is 0 Å². The van der Waals surface area contributed by atoms with Crippen LogP contribution in [0, 0.1) is 13.8 Å². The van der Waals surface area contributed by atoms with E-state index in [-0.39, 0.29) is 12.5 Å². The molecule has 1 amide bonds. The number of benzene rings is 2. The molecule has 0 atom stereocenters. The predicted octanol–water partition coefficient (Wildman–Crippen LogP) is 4.43. The van der Waals surface area contributed by atoms with Gasteiger partial charge >= 0.3 is 0 Å². The molecule has 132 valence electrons. The normalized spacial score (nSPS) is 11.2. The monoisotopic (exact) mass is 337 g/mol. The number of aryl methyl sites for hydroxylation is 2. The molecule has 0 aliphatic carbocycles. The summed E-state index contributed by atoms with van der Waals surface area (Å²) < 4.78 is 0. The molecule has 0 fully saturated rings. The van der Waals surface area contributed by atoms with Gasteiger partial charge in [-0.05, 0) is 43.9 Å². The number of carbonyl (C=O) groups is 1. The van der Waals surface area contributed by atoms with Gasteiger partial charge in [0.05, 0.1) is 12.3 Å². The van der Waals surface area contributed by atoms with Gasteiger partial charge in [-0.2, -0.15) is 5.10 Å². The van der Waals surface area contributed by atoms with Crippen LogP contribution in [0.4, 0.5) is 5.69 Å². The summed E-state index contributed by atoms with van der Waals surface area (Å²) in [6, 6.07) is 16.1. The van der Waals surface area contributed by atoms with Gasteiger partial charge in [0.1, 0.15) is 0 Å². The van der Waals surface area contributed by atoms with Crippen molar-refractivity contribution in [3.63, 3.8) is 0 Å². The van der Waals surface area contributed by atoms with Crippen molar-refractivity contribution in [2.24, 2.45) is 5.10 Å². The molecule has 0 radical (unpaired) electrons. The number of amides is 1. The summed E-state index contributed by atoms with van der Waals surface area (Å²) in [4.78, 5) is 12.1. The number of hydrazone groups is 1. The Hall–Kier alpha value is -2.62. The van der Waals surface area contributed by atoms with Crippen LogP contribution in [-0.2, 0) is 4.79 Å². The Balaban J connectivity index is 1.96. The van der Waals surface area contributed by atoms with E-state index in [4.69, 9.17) is 0 Å². The number of nitrogens with zero attached hydrogens (tertiary/aromatic N) is 1. The van der Waals surface area contributed by atoms with Gasteiger partial charge in [-0.1, -0.05) is 61.4 Å². The maximum atomic E-state index is 12.1. The quantitative estimate of drug-likeness (QED) is 0.553. The topological polar surface area (TPSA) is 53.5 Å². The Morgan fingerprint density at radius 3 is 2.52 bits per heavy atom. The Morgan fingerprint density at radius 1 is 1.08 bits per heavy atom. The van der Waals surface area contributed by atoms with Gasteiger partial charge in [0.15, 0.2) is 0 Å². The van der Waals surface area contributed by atoms with Crippen LogP contribution < -0.4 is 10.7 Å². The van der Waals surface area contributed by atoms with Crippen LogP contribution in [0.5, 0.6) is 0 Å². The first-order valence-corrected chi connectivity index (χ1v) is 8.82. The van der Waals surface area contributed by atoms with Gasteiger partial charge in [-0.25, -0.2) is 5.43 Å². The molecule has 4 heteroatoms. The summed E-state index contributed by atoms with van der Waals surface area (Å²) in [6.07, 6.45) is 2.99. The first kappa shape index (κ1) is 18.7. The van der Waals surface area contributed by atoms with Crippen LogP contribution in [-0.4, -0.2) is 18.2 Å². The van der Waals surface area contributed by atoms with Crippen LogP contribution in [0.15, 0.2) is 53.6 Å². The van der Waals surface area contributed by atoms with Crippen LogP contribution in [0.2, 0.25) is 0 Å². The Labute approximate surface area is 150 Å². The third-order valence-corrected chi connectivity index (χ3v) is 4.01. The SMILES string of the molecule is CCCCC(=NNC(=O)CNc1ccc(C)cc1C)c1ccccc1. The molecule has 0 unspecified atom stereocenters. The van der Waals surface area contributed by atoms with E-state index in [1.165, 1.54) is 5.56 Å². The molecule has 2 rings (SSSR count). The summed E-state index contributed by atoms with van der Waals surface area (Å²) in [7, 11) is 0. The number of anilines is 1. The fourth-order valence-electron chi connectivity index (χ4n) is 2.60. The number of nitrogens with one attached hydrogen (secondary N) is 2. The predicted molar refractivity (Wildman–Crippen MR) is 105 cm³/mol. The molecule has 0 saturated heterocycles. The van der Waals surface area contributed by atoms with Gasteiger partial charge in [-0.3, -0.25) is 4.79 Å². The van der Waals surface area contributed by atoms with Gasteiger partial charge in [0, 0.05) is 5.69 Å². The van der Waals surface area contributed by atoms with E-state index in [2.05, 4.69) is 35.8 Å². The Morgan fingerprint density at radius 2 is 1.84 bits per heavy atom. The van der Waals surface area contributed by atoms with Gasteiger partial charge < -0.3 is 5.32 Å². The van der Waals surface area contributed by atoms with E-state index in [0.29, 0.717) is 0 Å². The highest BCUT2D eigenvalue weighted by molar-refractivity contribution is 6.01. The van der Waals surface area contributed by atoms with Crippen molar-refractivity contribution in [1.29, 1.82) is 0 Å². The van der Waals surface area contributed by atoms with Gasteiger partial charge in [0.2, 0.25) is 0 Å². The maximum absolute atomic E-state index is 12.1. The van der Waals surface area contributed by atoms with Gasteiger partial charge in [-0.15, -0.1) is 0 Å². The van der Waals surface area contributed by atoms with Crippen molar-refractivity contribution in [2.75, 3.05) is 11.9 Å². The molecule has 25 heavy (non-hydrogen) atoms. The van der Waals surface area contributed by atoms with Crippen molar-refractivity contribution in [1.82, 2.24) is 5.43 Å². The summed E-state index contributed by atoms with van der Waals surface area (Å²) in [5.74, 6) is -0.148. The molecule has 0 spiro atoms. The highest BCUT2D eigenvalue weighted by atomic mass is 16.2. The third kappa shape index (κ3) is 6.07. The molecule has 2 N–H and O–H groups in total. The van der Waals surface area contributed by atoms with E-state index in [9.17, 15) is 4.79 Å².